The van der Waals surface area contributed by atoms with Gasteiger partial charge in [0.05, 0.1) is 11.7 Å². The quantitative estimate of drug-likeness (QED) is 0.840. The largest absolute Gasteiger partial charge is 0.354 e. The Morgan fingerprint density at radius 2 is 2.12 bits per heavy atom. The van der Waals surface area contributed by atoms with Gasteiger partial charge in [0.15, 0.2) is 0 Å². The molecule has 0 spiro atoms. The van der Waals surface area contributed by atoms with E-state index in [1.165, 1.54) is 0 Å². The molecule has 1 aromatic rings. The van der Waals surface area contributed by atoms with Crippen molar-refractivity contribution in [3.05, 3.63) is 18.7 Å². The summed E-state index contributed by atoms with van der Waals surface area (Å²) in [5.74, 6) is -0.00915. The number of nitrogens with zero attached hydrogens (tertiary/aromatic N) is 2. The number of nitrogens with two attached hydrogens (primary N) is 1. The monoisotopic (exact) mass is 282 g/mol. The van der Waals surface area contributed by atoms with Crippen LogP contribution in [0.4, 0.5) is 0 Å². The van der Waals surface area contributed by atoms with Crippen LogP contribution >= 0.6 is 24.8 Å². The minimum absolute atomic E-state index is 0. The first-order valence-electron chi connectivity index (χ1n) is 5.00. The van der Waals surface area contributed by atoms with Crippen molar-refractivity contribution in [1.29, 1.82) is 0 Å². The average molecular weight is 283 g/mol. The highest BCUT2D eigenvalue weighted by molar-refractivity contribution is 5.85. The van der Waals surface area contributed by atoms with Gasteiger partial charge in [-0.25, -0.2) is 4.98 Å². The van der Waals surface area contributed by atoms with Crippen LogP contribution in [0.15, 0.2) is 18.7 Å². The molecule has 0 aliphatic heterocycles. The Morgan fingerprint density at radius 1 is 1.47 bits per heavy atom. The minimum Gasteiger partial charge on any atom is -0.354 e. The van der Waals surface area contributed by atoms with Gasteiger partial charge in [0.1, 0.15) is 0 Å². The fourth-order valence-electron chi connectivity index (χ4n) is 1.05. The Hall–Kier alpha value is -0.780. The normalized spacial score (nSPS) is 10.1. The molecule has 0 fully saturated rings. The molecule has 0 unspecified atom stereocenters. The molecular formula is C10H20Cl2N4O. The number of amides is 1. The van der Waals surface area contributed by atoms with Gasteiger partial charge in [-0.3, -0.25) is 4.79 Å². The smallest absolute Gasteiger partial charge is 0.226 e. The predicted molar refractivity (Wildman–Crippen MR) is 72.6 cm³/mol. The molecule has 1 aromatic heterocycles. The summed E-state index contributed by atoms with van der Waals surface area (Å²) in [7, 11) is 0. The van der Waals surface area contributed by atoms with Crippen LogP contribution in [-0.2, 0) is 11.3 Å². The summed E-state index contributed by atoms with van der Waals surface area (Å²) in [4.78, 5) is 15.5. The molecule has 0 aromatic carbocycles. The topological polar surface area (TPSA) is 72.9 Å². The van der Waals surface area contributed by atoms with Crippen molar-refractivity contribution in [3.8, 4) is 0 Å². The zero-order chi connectivity index (χ0) is 11.3. The lowest BCUT2D eigenvalue weighted by molar-refractivity contribution is -0.128. The number of halogens is 2. The number of aromatic nitrogens is 2. The molecule has 5 nitrogen and oxygen atoms in total. The van der Waals surface area contributed by atoms with Crippen molar-refractivity contribution in [2.75, 3.05) is 13.1 Å². The van der Waals surface area contributed by atoms with Crippen molar-refractivity contribution in [1.82, 2.24) is 14.9 Å². The van der Waals surface area contributed by atoms with Crippen molar-refractivity contribution in [2.45, 2.75) is 20.4 Å². The Kier molecular flexibility index (Phi) is 9.11. The second-order valence-electron chi connectivity index (χ2n) is 4.14. The lowest BCUT2D eigenvalue weighted by Crippen LogP contribution is -2.42. The lowest BCUT2D eigenvalue weighted by Gasteiger charge is -2.21. The molecule has 7 heteroatoms. The van der Waals surface area contributed by atoms with E-state index in [1.807, 2.05) is 24.6 Å². The number of carbonyl (C=O) groups is 1. The highest BCUT2D eigenvalue weighted by atomic mass is 35.5. The molecule has 0 saturated carbocycles. The number of hydrogen-bond donors (Lipinski definition) is 2. The minimum atomic E-state index is -0.491. The van der Waals surface area contributed by atoms with Gasteiger partial charge in [0, 0.05) is 32.0 Å². The Balaban J connectivity index is 0. The number of nitrogens with one attached hydrogen (secondary N) is 1. The van der Waals surface area contributed by atoms with Gasteiger partial charge < -0.3 is 15.6 Å². The van der Waals surface area contributed by atoms with Gasteiger partial charge >= 0.3 is 0 Å². The first kappa shape index (κ1) is 18.6. The fraction of sp³-hybridized carbons (Fsp3) is 0.600. The summed E-state index contributed by atoms with van der Waals surface area (Å²) in [6.45, 7) is 5.34. The van der Waals surface area contributed by atoms with Gasteiger partial charge in [-0.15, -0.1) is 24.8 Å². The molecule has 0 saturated heterocycles. The van der Waals surface area contributed by atoms with Crippen molar-refractivity contribution in [2.24, 2.45) is 11.1 Å². The van der Waals surface area contributed by atoms with Gasteiger partial charge in [0.2, 0.25) is 5.91 Å². The predicted octanol–water partition coefficient (Wildman–Crippen LogP) is 0.828. The van der Waals surface area contributed by atoms with E-state index in [4.69, 9.17) is 5.73 Å². The third-order valence-corrected chi connectivity index (χ3v) is 2.34. The third kappa shape index (κ3) is 5.91. The van der Waals surface area contributed by atoms with Crippen LogP contribution < -0.4 is 11.1 Å². The molecule has 1 rings (SSSR count). The lowest BCUT2D eigenvalue weighted by atomic mass is 9.93. The van der Waals surface area contributed by atoms with Crippen LogP contribution in [0, 0.1) is 5.41 Å². The Bertz CT molecular complexity index is 314. The number of imidazole rings is 1. The molecule has 100 valence electrons. The van der Waals surface area contributed by atoms with Crippen LogP contribution in [0.1, 0.15) is 13.8 Å². The first-order chi connectivity index (χ1) is 7.06. The third-order valence-electron chi connectivity index (χ3n) is 2.34. The van der Waals surface area contributed by atoms with E-state index >= 15 is 0 Å². The Labute approximate surface area is 114 Å². The summed E-state index contributed by atoms with van der Waals surface area (Å²) < 4.78 is 1.91. The number of hydrogen-bond acceptors (Lipinski definition) is 3. The standard InChI is InChI=1S/C10H18N4O.2ClH/c1-10(2,7-11)9(15)13-4-6-14-5-3-12-8-14;;/h3,5,8H,4,6-7,11H2,1-2H3,(H,13,15);2*1H. The molecule has 1 heterocycles. The summed E-state index contributed by atoms with van der Waals surface area (Å²) in [6, 6.07) is 0. The summed E-state index contributed by atoms with van der Waals surface area (Å²) >= 11 is 0. The second-order valence-corrected chi connectivity index (χ2v) is 4.14. The molecule has 0 radical (unpaired) electrons. The van der Waals surface area contributed by atoms with Crippen LogP contribution in [0.2, 0.25) is 0 Å². The Morgan fingerprint density at radius 3 is 2.59 bits per heavy atom. The summed E-state index contributed by atoms with van der Waals surface area (Å²) in [5, 5.41) is 2.84. The van der Waals surface area contributed by atoms with E-state index in [2.05, 4.69) is 10.3 Å². The van der Waals surface area contributed by atoms with Crippen molar-refractivity contribution >= 4 is 30.7 Å². The van der Waals surface area contributed by atoms with E-state index in [9.17, 15) is 4.79 Å². The van der Waals surface area contributed by atoms with Crippen LogP contribution in [-0.4, -0.2) is 28.5 Å². The van der Waals surface area contributed by atoms with Gasteiger partial charge in [-0.2, -0.15) is 0 Å². The van der Waals surface area contributed by atoms with E-state index in [0.717, 1.165) is 6.54 Å². The van der Waals surface area contributed by atoms with Gasteiger partial charge in [-0.05, 0) is 13.8 Å². The molecule has 3 N–H and O–H groups in total. The van der Waals surface area contributed by atoms with Crippen molar-refractivity contribution < 1.29 is 4.79 Å². The zero-order valence-electron chi connectivity index (χ0n) is 10.0. The van der Waals surface area contributed by atoms with Crippen LogP contribution in [0.5, 0.6) is 0 Å². The molecule has 1 amide bonds. The SMILES string of the molecule is CC(C)(CN)C(=O)NCCn1ccnc1.Cl.Cl. The summed E-state index contributed by atoms with van der Waals surface area (Å²) in [5.41, 5.74) is 5.01. The van der Waals surface area contributed by atoms with Crippen molar-refractivity contribution in [3.63, 3.8) is 0 Å². The van der Waals surface area contributed by atoms with Gasteiger partial charge in [-0.1, -0.05) is 0 Å². The first-order valence-corrected chi connectivity index (χ1v) is 5.00. The highest BCUT2D eigenvalue weighted by Crippen LogP contribution is 2.11. The molecule has 0 aliphatic carbocycles. The number of rotatable bonds is 5. The van der Waals surface area contributed by atoms with E-state index in [0.29, 0.717) is 13.1 Å². The molecule has 0 atom stereocenters. The molecule has 0 aliphatic rings. The molecule has 0 bridgehead atoms. The highest BCUT2D eigenvalue weighted by Gasteiger charge is 2.24. The second kappa shape index (κ2) is 8.33. The molecular weight excluding hydrogens is 263 g/mol. The maximum Gasteiger partial charge on any atom is 0.226 e. The fourth-order valence-corrected chi connectivity index (χ4v) is 1.05. The van der Waals surface area contributed by atoms with Crippen LogP contribution in [0.3, 0.4) is 0 Å². The van der Waals surface area contributed by atoms with E-state index < -0.39 is 5.41 Å². The molecule has 17 heavy (non-hydrogen) atoms. The van der Waals surface area contributed by atoms with Gasteiger partial charge in [0.25, 0.3) is 0 Å². The van der Waals surface area contributed by atoms with Crippen LogP contribution in [0.25, 0.3) is 0 Å². The average Bonchev–Trinajstić information content (AvgIpc) is 2.70. The van der Waals surface area contributed by atoms with E-state index in [1.54, 1.807) is 12.5 Å². The maximum atomic E-state index is 11.6. The summed E-state index contributed by atoms with van der Waals surface area (Å²) in [6.07, 6.45) is 5.30. The van der Waals surface area contributed by atoms with E-state index in [-0.39, 0.29) is 30.7 Å². The maximum absolute atomic E-state index is 11.6. The zero-order valence-corrected chi connectivity index (χ0v) is 11.7. The number of carbonyl (C=O) groups excluding carboxylic acids is 1.